The van der Waals surface area contributed by atoms with Crippen molar-refractivity contribution in [3.05, 3.63) is 59.4 Å². The molecule has 0 aliphatic carbocycles. The molecule has 1 saturated heterocycles. The number of amides is 2. The van der Waals surface area contributed by atoms with Crippen LogP contribution in [0.3, 0.4) is 0 Å². The Bertz CT molecular complexity index is 929. The van der Waals surface area contributed by atoms with E-state index in [4.69, 9.17) is 5.26 Å². The number of nitrogens with one attached hydrogen (secondary N) is 1. The van der Waals surface area contributed by atoms with E-state index < -0.39 is 11.7 Å². The zero-order valence-electron chi connectivity index (χ0n) is 16.3. The molecular weight excluding hydrogens is 371 g/mol. The van der Waals surface area contributed by atoms with Crippen LogP contribution in [0.2, 0.25) is 0 Å². The highest BCUT2D eigenvalue weighted by Gasteiger charge is 2.20. The van der Waals surface area contributed by atoms with Crippen LogP contribution in [0, 0.1) is 17.1 Å². The fourth-order valence-electron chi connectivity index (χ4n) is 3.31. The van der Waals surface area contributed by atoms with Crippen molar-refractivity contribution >= 4 is 23.2 Å². The van der Waals surface area contributed by atoms with Crippen molar-refractivity contribution in [1.82, 2.24) is 4.90 Å². The third kappa shape index (κ3) is 4.91. The Labute approximate surface area is 169 Å². The maximum Gasteiger partial charge on any atom is 0.258 e. The number of rotatable bonds is 5. The van der Waals surface area contributed by atoms with Crippen molar-refractivity contribution in [3.63, 3.8) is 0 Å². The number of carbonyl (C=O) groups is 2. The predicted octanol–water partition coefficient (Wildman–Crippen LogP) is 3.40. The van der Waals surface area contributed by atoms with E-state index in [2.05, 4.69) is 10.2 Å². The summed E-state index contributed by atoms with van der Waals surface area (Å²) in [6.45, 7) is 4.93. The third-order valence-electron chi connectivity index (χ3n) is 4.93. The minimum Gasteiger partial charge on any atom is -0.368 e. The number of hydrogen-bond acceptors (Lipinski definition) is 4. The molecule has 1 aliphatic rings. The van der Waals surface area contributed by atoms with E-state index in [1.807, 2.05) is 30.0 Å². The smallest absolute Gasteiger partial charge is 0.258 e. The Morgan fingerprint density at radius 2 is 1.79 bits per heavy atom. The van der Waals surface area contributed by atoms with Gasteiger partial charge in [0.05, 0.1) is 17.2 Å². The fourth-order valence-corrected chi connectivity index (χ4v) is 3.31. The molecular formula is C22H23FN4O2. The fraction of sp³-hybridized carbons (Fsp3) is 0.318. The van der Waals surface area contributed by atoms with Gasteiger partial charge in [-0.05, 0) is 48.9 Å². The molecule has 1 aliphatic heterocycles. The quantitative estimate of drug-likeness (QED) is 0.843. The number of nitriles is 1. The van der Waals surface area contributed by atoms with Crippen LogP contribution in [0.1, 0.15) is 35.7 Å². The number of hydrogen-bond donors (Lipinski definition) is 1. The van der Waals surface area contributed by atoms with Crippen LogP contribution in [0.4, 0.5) is 15.8 Å². The molecule has 6 nitrogen and oxygen atoms in total. The second-order valence-corrected chi connectivity index (χ2v) is 6.93. The van der Waals surface area contributed by atoms with E-state index in [-0.39, 0.29) is 17.0 Å². The highest BCUT2D eigenvalue weighted by atomic mass is 19.1. The van der Waals surface area contributed by atoms with Crippen molar-refractivity contribution in [2.24, 2.45) is 0 Å². The summed E-state index contributed by atoms with van der Waals surface area (Å²) >= 11 is 0. The molecule has 7 heteroatoms. The zero-order chi connectivity index (χ0) is 20.8. The molecule has 1 heterocycles. The zero-order valence-corrected chi connectivity index (χ0v) is 16.3. The molecule has 2 aromatic rings. The van der Waals surface area contributed by atoms with Crippen molar-refractivity contribution in [3.8, 4) is 6.07 Å². The summed E-state index contributed by atoms with van der Waals surface area (Å²) in [5.74, 6) is -1.09. The van der Waals surface area contributed by atoms with Gasteiger partial charge >= 0.3 is 0 Å². The van der Waals surface area contributed by atoms with Crippen molar-refractivity contribution in [2.45, 2.75) is 19.8 Å². The van der Waals surface area contributed by atoms with Gasteiger partial charge in [-0.15, -0.1) is 0 Å². The van der Waals surface area contributed by atoms with Gasteiger partial charge in [0.15, 0.2) is 0 Å². The SMILES string of the molecule is CCCC(=O)N1CCN(c2ccc(NC(=O)c3ccc(C#N)cc3F)cc2)CC1. The first kappa shape index (κ1) is 20.3. The molecule has 2 amide bonds. The molecule has 0 saturated carbocycles. The number of piperazine rings is 1. The molecule has 150 valence electrons. The van der Waals surface area contributed by atoms with Crippen molar-refractivity contribution in [2.75, 3.05) is 36.4 Å². The van der Waals surface area contributed by atoms with Gasteiger partial charge in [0, 0.05) is 44.0 Å². The van der Waals surface area contributed by atoms with Gasteiger partial charge in [-0.3, -0.25) is 9.59 Å². The molecule has 0 bridgehead atoms. The molecule has 0 spiro atoms. The standard InChI is InChI=1S/C22H23FN4O2/c1-2-3-21(28)27-12-10-26(11-13-27)18-7-5-17(6-8-18)25-22(29)19-9-4-16(15-24)14-20(19)23/h4-9,14H,2-3,10-13H2,1H3,(H,25,29). The second-order valence-electron chi connectivity index (χ2n) is 6.93. The van der Waals surface area contributed by atoms with Crippen LogP contribution < -0.4 is 10.2 Å². The normalized spacial score (nSPS) is 13.7. The van der Waals surface area contributed by atoms with Gasteiger partial charge in [0.2, 0.25) is 5.91 Å². The van der Waals surface area contributed by atoms with Crippen LogP contribution in [0.15, 0.2) is 42.5 Å². The van der Waals surface area contributed by atoms with Crippen LogP contribution in [-0.4, -0.2) is 42.9 Å². The molecule has 1 N–H and O–H groups in total. The molecule has 1 fully saturated rings. The first-order valence-corrected chi connectivity index (χ1v) is 9.65. The van der Waals surface area contributed by atoms with E-state index in [0.29, 0.717) is 25.2 Å². The minimum atomic E-state index is -0.728. The van der Waals surface area contributed by atoms with Gasteiger partial charge in [0.1, 0.15) is 5.82 Å². The Balaban J connectivity index is 1.59. The maximum atomic E-state index is 14.0. The summed E-state index contributed by atoms with van der Waals surface area (Å²) in [5.41, 5.74) is 1.62. The lowest BCUT2D eigenvalue weighted by Gasteiger charge is -2.36. The lowest BCUT2D eigenvalue weighted by atomic mass is 10.1. The third-order valence-corrected chi connectivity index (χ3v) is 4.93. The molecule has 29 heavy (non-hydrogen) atoms. The summed E-state index contributed by atoms with van der Waals surface area (Å²) in [7, 11) is 0. The second kappa shape index (κ2) is 9.20. The lowest BCUT2D eigenvalue weighted by molar-refractivity contribution is -0.131. The highest BCUT2D eigenvalue weighted by molar-refractivity contribution is 6.04. The van der Waals surface area contributed by atoms with E-state index in [9.17, 15) is 14.0 Å². The minimum absolute atomic E-state index is 0.110. The Kier molecular flexibility index (Phi) is 6.45. The number of anilines is 2. The molecule has 0 atom stereocenters. The Morgan fingerprint density at radius 3 is 2.38 bits per heavy atom. The van der Waals surface area contributed by atoms with Crippen LogP contribution in [0.5, 0.6) is 0 Å². The summed E-state index contributed by atoms with van der Waals surface area (Å²) in [6.07, 6.45) is 1.45. The molecule has 0 aromatic heterocycles. The van der Waals surface area contributed by atoms with E-state index in [1.165, 1.54) is 12.1 Å². The average molecular weight is 394 g/mol. The summed E-state index contributed by atoms with van der Waals surface area (Å²) in [5, 5.41) is 11.5. The molecule has 0 unspecified atom stereocenters. The topological polar surface area (TPSA) is 76.4 Å². The largest absolute Gasteiger partial charge is 0.368 e. The first-order valence-electron chi connectivity index (χ1n) is 9.65. The van der Waals surface area contributed by atoms with E-state index in [1.54, 1.807) is 12.1 Å². The number of halogens is 1. The van der Waals surface area contributed by atoms with E-state index in [0.717, 1.165) is 31.3 Å². The van der Waals surface area contributed by atoms with Gasteiger partial charge in [0.25, 0.3) is 5.91 Å². The van der Waals surface area contributed by atoms with Crippen molar-refractivity contribution in [1.29, 1.82) is 5.26 Å². The number of carbonyl (C=O) groups excluding carboxylic acids is 2. The van der Waals surface area contributed by atoms with Gasteiger partial charge < -0.3 is 15.1 Å². The van der Waals surface area contributed by atoms with Crippen LogP contribution in [0.25, 0.3) is 0 Å². The molecule has 3 rings (SSSR count). The lowest BCUT2D eigenvalue weighted by Crippen LogP contribution is -2.48. The van der Waals surface area contributed by atoms with Gasteiger partial charge in [-0.1, -0.05) is 6.92 Å². The van der Waals surface area contributed by atoms with Crippen LogP contribution >= 0.6 is 0 Å². The van der Waals surface area contributed by atoms with Crippen LogP contribution in [-0.2, 0) is 4.79 Å². The number of benzene rings is 2. The monoisotopic (exact) mass is 394 g/mol. The van der Waals surface area contributed by atoms with Gasteiger partial charge in [-0.2, -0.15) is 5.26 Å². The van der Waals surface area contributed by atoms with E-state index >= 15 is 0 Å². The molecule has 2 aromatic carbocycles. The summed E-state index contributed by atoms with van der Waals surface area (Å²) in [4.78, 5) is 28.4. The summed E-state index contributed by atoms with van der Waals surface area (Å²) < 4.78 is 14.0. The first-order chi connectivity index (χ1) is 14.0. The Hall–Kier alpha value is -3.40. The van der Waals surface area contributed by atoms with Crippen molar-refractivity contribution < 1.29 is 14.0 Å². The maximum absolute atomic E-state index is 14.0. The number of nitrogens with zero attached hydrogens (tertiary/aromatic N) is 3. The highest BCUT2D eigenvalue weighted by Crippen LogP contribution is 2.21. The van der Waals surface area contributed by atoms with Gasteiger partial charge in [-0.25, -0.2) is 4.39 Å². The average Bonchev–Trinajstić information content (AvgIpc) is 2.74. The Morgan fingerprint density at radius 1 is 1.10 bits per heavy atom. The summed E-state index contributed by atoms with van der Waals surface area (Å²) in [6, 6.07) is 12.9. The molecule has 0 radical (unpaired) electrons. The predicted molar refractivity (Wildman–Crippen MR) is 109 cm³/mol.